The van der Waals surface area contributed by atoms with Crippen LogP contribution in [0.3, 0.4) is 0 Å². The highest BCUT2D eigenvalue weighted by molar-refractivity contribution is 6.31. The first-order chi connectivity index (χ1) is 22.9. The number of pyridine rings is 4. The van der Waals surface area contributed by atoms with Gasteiger partial charge in [-0.15, -0.1) is 6.42 Å². The highest BCUT2D eigenvalue weighted by atomic mass is 35.5. The van der Waals surface area contributed by atoms with Crippen molar-refractivity contribution in [1.82, 2.24) is 19.9 Å². The van der Waals surface area contributed by atoms with Crippen molar-refractivity contribution in [3.63, 3.8) is 0 Å². The van der Waals surface area contributed by atoms with E-state index < -0.39 is 0 Å². The van der Waals surface area contributed by atoms with E-state index in [0.29, 0.717) is 56.3 Å². The smallest absolute Gasteiger partial charge is 0.255 e. The molecule has 2 aromatic carbocycles. The molecule has 2 amide bonds. The summed E-state index contributed by atoms with van der Waals surface area (Å²) in [5.41, 5.74) is 2.75. The van der Waals surface area contributed by atoms with Crippen LogP contribution in [0.25, 0.3) is 0 Å². The predicted molar refractivity (Wildman–Crippen MR) is 186 cm³/mol. The zero-order valence-electron chi connectivity index (χ0n) is 24.6. The Hall–Kier alpha value is -6.57. The van der Waals surface area contributed by atoms with E-state index >= 15 is 0 Å². The number of hydrogen-bond acceptors (Lipinski definition) is 8. The number of amides is 2. The molecular formula is C37H29ClN6O4. The van der Waals surface area contributed by atoms with Crippen molar-refractivity contribution in [3.05, 3.63) is 156 Å². The largest absolute Gasteiger partial charge is 0.437 e. The van der Waals surface area contributed by atoms with Crippen LogP contribution in [0.2, 0.25) is 5.02 Å². The average Bonchev–Trinajstić information content (AvgIpc) is 3.10. The summed E-state index contributed by atoms with van der Waals surface area (Å²) in [5, 5.41) is 6.08. The van der Waals surface area contributed by atoms with Gasteiger partial charge in [0.05, 0.1) is 12.4 Å². The van der Waals surface area contributed by atoms with Gasteiger partial charge in [-0.05, 0) is 72.8 Å². The number of rotatable bonds is 8. The monoisotopic (exact) mass is 656 g/mol. The number of ether oxygens (including phenoxy) is 2. The molecule has 0 spiro atoms. The van der Waals surface area contributed by atoms with E-state index in [1.54, 1.807) is 134 Å². The van der Waals surface area contributed by atoms with Gasteiger partial charge in [-0.25, -0.2) is 9.97 Å². The average molecular weight is 657 g/mol. The van der Waals surface area contributed by atoms with Gasteiger partial charge in [-0.2, -0.15) is 0 Å². The topological polar surface area (TPSA) is 128 Å². The Bertz CT molecular complexity index is 2020. The van der Waals surface area contributed by atoms with Crippen molar-refractivity contribution in [2.45, 2.75) is 7.43 Å². The first-order valence-electron chi connectivity index (χ1n) is 14.0. The molecule has 4 heterocycles. The second-order valence-corrected chi connectivity index (χ2v) is 9.93. The van der Waals surface area contributed by atoms with Crippen LogP contribution in [0.15, 0.2) is 134 Å². The standard InChI is InChI=1S/C19H13N3O2.C17H12ClN3O2.CH4/c1-2-14-5-3-6-15(11-14)19(23)22-16-8-10-21-18(12-16)24-17-7-4-9-20-13-17;18-13-4-1-3-12(9-13)17(22)21-14-6-8-20-16(10-14)23-15-5-2-7-19-11-15;/h1,3-13H,(H,21,22,23);1-11H,(H,20,21,22);1H4. The fraction of sp³-hybridized carbons (Fsp3) is 0.0270. The molecule has 0 bridgehead atoms. The maximum Gasteiger partial charge on any atom is 0.255 e. The van der Waals surface area contributed by atoms with Gasteiger partial charge < -0.3 is 20.1 Å². The summed E-state index contributed by atoms with van der Waals surface area (Å²) in [6.45, 7) is 0. The van der Waals surface area contributed by atoms with Gasteiger partial charge in [0.2, 0.25) is 11.8 Å². The molecule has 0 unspecified atom stereocenters. The molecule has 6 aromatic rings. The molecule has 0 saturated heterocycles. The van der Waals surface area contributed by atoms with Gasteiger partial charge in [0, 0.05) is 70.0 Å². The predicted octanol–water partition coefficient (Wildman–Crippen LogP) is 8.31. The maximum atomic E-state index is 12.3. The fourth-order valence-corrected chi connectivity index (χ4v) is 4.12. The van der Waals surface area contributed by atoms with Gasteiger partial charge in [0.25, 0.3) is 11.8 Å². The number of aromatic nitrogens is 4. The Kier molecular flexibility index (Phi) is 12.3. The Balaban J connectivity index is 0.000000212. The number of carbonyl (C=O) groups excluding carboxylic acids is 2. The Morgan fingerprint density at radius 1 is 0.646 bits per heavy atom. The molecule has 238 valence electrons. The third-order valence-corrected chi connectivity index (χ3v) is 6.31. The number of carbonyl (C=O) groups is 2. The molecule has 2 N–H and O–H groups in total. The van der Waals surface area contributed by atoms with Gasteiger partial charge in [-0.1, -0.05) is 37.1 Å². The van der Waals surface area contributed by atoms with Crippen LogP contribution < -0.4 is 20.1 Å². The maximum absolute atomic E-state index is 12.3. The van der Waals surface area contributed by atoms with Crippen LogP contribution in [-0.2, 0) is 0 Å². The lowest BCUT2D eigenvalue weighted by atomic mass is 10.1. The Labute approximate surface area is 282 Å². The van der Waals surface area contributed by atoms with Crippen molar-refractivity contribution in [2.75, 3.05) is 10.6 Å². The van der Waals surface area contributed by atoms with E-state index in [-0.39, 0.29) is 19.2 Å². The molecule has 10 nitrogen and oxygen atoms in total. The summed E-state index contributed by atoms with van der Waals surface area (Å²) in [5.74, 6) is 3.84. The second-order valence-electron chi connectivity index (χ2n) is 9.49. The van der Waals surface area contributed by atoms with Crippen molar-refractivity contribution in [2.24, 2.45) is 0 Å². The molecule has 6 rings (SSSR count). The number of terminal acetylenes is 1. The van der Waals surface area contributed by atoms with Crippen molar-refractivity contribution < 1.29 is 19.1 Å². The van der Waals surface area contributed by atoms with Gasteiger partial charge >= 0.3 is 0 Å². The van der Waals surface area contributed by atoms with Crippen LogP contribution in [0.1, 0.15) is 33.7 Å². The summed E-state index contributed by atoms with van der Waals surface area (Å²) in [4.78, 5) is 40.7. The zero-order chi connectivity index (χ0) is 32.8. The van der Waals surface area contributed by atoms with E-state index in [9.17, 15) is 9.59 Å². The third kappa shape index (κ3) is 10.2. The first kappa shape index (κ1) is 34.3. The van der Waals surface area contributed by atoms with E-state index in [1.165, 1.54) is 0 Å². The molecule has 0 radical (unpaired) electrons. The second kappa shape index (κ2) is 17.2. The van der Waals surface area contributed by atoms with Gasteiger partial charge in [0.15, 0.2) is 0 Å². The number of hydrogen-bond donors (Lipinski definition) is 2. The molecule has 0 aliphatic carbocycles. The third-order valence-electron chi connectivity index (χ3n) is 6.08. The van der Waals surface area contributed by atoms with Crippen LogP contribution in [0.5, 0.6) is 23.3 Å². The summed E-state index contributed by atoms with van der Waals surface area (Å²) < 4.78 is 11.2. The van der Waals surface area contributed by atoms with E-state index in [1.807, 2.05) is 0 Å². The van der Waals surface area contributed by atoms with Crippen LogP contribution >= 0.6 is 11.6 Å². The van der Waals surface area contributed by atoms with Crippen molar-refractivity contribution in [1.29, 1.82) is 0 Å². The zero-order valence-corrected chi connectivity index (χ0v) is 25.3. The molecule has 0 fully saturated rings. The highest BCUT2D eigenvalue weighted by Crippen LogP contribution is 2.23. The summed E-state index contributed by atoms with van der Waals surface area (Å²) >= 11 is 5.89. The lowest BCUT2D eigenvalue weighted by molar-refractivity contribution is 0.101. The highest BCUT2D eigenvalue weighted by Gasteiger charge is 2.09. The van der Waals surface area contributed by atoms with Crippen LogP contribution in [-0.4, -0.2) is 31.8 Å². The quantitative estimate of drug-likeness (QED) is 0.157. The molecule has 0 aliphatic heterocycles. The SMILES string of the molecule is C.C#Cc1cccc(C(=O)Nc2ccnc(Oc3cccnc3)c2)c1.O=C(Nc1ccnc(Oc2cccnc2)c1)c1cccc(Cl)c1. The normalized spacial score (nSPS) is 9.75. The van der Waals surface area contributed by atoms with E-state index in [2.05, 4.69) is 36.5 Å². The number of anilines is 2. The molecule has 48 heavy (non-hydrogen) atoms. The van der Waals surface area contributed by atoms with Crippen LogP contribution in [0, 0.1) is 12.3 Å². The molecule has 0 saturated carbocycles. The minimum absolute atomic E-state index is 0. The Morgan fingerprint density at radius 2 is 1.17 bits per heavy atom. The van der Waals surface area contributed by atoms with E-state index in [4.69, 9.17) is 27.5 Å². The van der Waals surface area contributed by atoms with Crippen molar-refractivity contribution in [3.8, 4) is 35.6 Å². The molecular weight excluding hydrogens is 628 g/mol. The van der Waals surface area contributed by atoms with Crippen molar-refractivity contribution >= 4 is 34.8 Å². The first-order valence-corrected chi connectivity index (χ1v) is 14.4. The molecule has 0 aliphatic rings. The van der Waals surface area contributed by atoms with Crippen LogP contribution in [0.4, 0.5) is 11.4 Å². The number of nitrogens with zero attached hydrogens (tertiary/aromatic N) is 4. The lowest BCUT2D eigenvalue weighted by Gasteiger charge is -2.08. The summed E-state index contributed by atoms with van der Waals surface area (Å²) in [6.07, 6.45) is 14.9. The van der Waals surface area contributed by atoms with Gasteiger partial charge in [0.1, 0.15) is 11.5 Å². The van der Waals surface area contributed by atoms with Gasteiger partial charge in [-0.3, -0.25) is 19.6 Å². The number of benzene rings is 2. The summed E-state index contributed by atoms with van der Waals surface area (Å²) in [6, 6.07) is 27.3. The molecule has 11 heteroatoms. The Morgan fingerprint density at radius 3 is 1.65 bits per heavy atom. The number of nitrogens with one attached hydrogen (secondary N) is 2. The summed E-state index contributed by atoms with van der Waals surface area (Å²) in [7, 11) is 0. The molecule has 0 atom stereocenters. The lowest BCUT2D eigenvalue weighted by Crippen LogP contribution is -2.12. The number of halogens is 1. The fourth-order valence-electron chi connectivity index (χ4n) is 3.93. The minimum Gasteiger partial charge on any atom is -0.437 e. The van der Waals surface area contributed by atoms with E-state index in [0.717, 1.165) is 0 Å². The minimum atomic E-state index is -0.259. The molecule has 4 aromatic heterocycles.